The summed E-state index contributed by atoms with van der Waals surface area (Å²) < 4.78 is 1.27. The van der Waals surface area contributed by atoms with Gasteiger partial charge in [-0.25, -0.2) is 0 Å². The summed E-state index contributed by atoms with van der Waals surface area (Å²) in [5, 5.41) is 0. The molecule has 2 rings (SSSR count). The van der Waals surface area contributed by atoms with Crippen LogP contribution in [0.25, 0.3) is 0 Å². The molecule has 1 heterocycles. The van der Waals surface area contributed by atoms with Crippen LogP contribution in [0.3, 0.4) is 0 Å². The van der Waals surface area contributed by atoms with Crippen LogP contribution in [0.5, 0.6) is 5.75 Å². The zero-order valence-corrected chi connectivity index (χ0v) is 6.01. The fourth-order valence-electron chi connectivity index (χ4n) is 0.858. The molecule has 3 nitrogen and oxygen atoms in total. The summed E-state index contributed by atoms with van der Waals surface area (Å²) >= 11 is 3.94. The van der Waals surface area contributed by atoms with Crippen molar-refractivity contribution < 1.29 is 4.84 Å². The third-order valence-electron chi connectivity index (χ3n) is 1.29. The first-order chi connectivity index (χ1) is 4.86. The first-order valence-electron chi connectivity index (χ1n) is 2.89. The second-order valence-electron chi connectivity index (χ2n) is 1.97. The minimum Gasteiger partial charge on any atom is -0.373 e. The Morgan fingerprint density at radius 1 is 1.40 bits per heavy atom. The molecule has 1 N–H and O–H groups in total. The van der Waals surface area contributed by atoms with Gasteiger partial charge in [0.1, 0.15) is 0 Å². The van der Waals surface area contributed by atoms with E-state index in [2.05, 4.69) is 18.2 Å². The highest BCUT2D eigenvalue weighted by molar-refractivity contribution is 7.77. The zero-order chi connectivity index (χ0) is 6.97. The summed E-state index contributed by atoms with van der Waals surface area (Å²) in [6, 6.07) is 7.64. The number of nitrogens with one attached hydrogen (secondary N) is 1. The van der Waals surface area contributed by atoms with Crippen molar-refractivity contribution in [3.63, 3.8) is 0 Å². The van der Waals surface area contributed by atoms with Gasteiger partial charge in [0.2, 0.25) is 0 Å². The minimum atomic E-state index is 0.803. The number of nitrogens with zero attached hydrogens (tertiary/aromatic N) is 1. The molecule has 52 valence electrons. The predicted octanol–water partition coefficient (Wildman–Crippen LogP) is 1.47. The molecule has 1 aliphatic heterocycles. The van der Waals surface area contributed by atoms with Crippen molar-refractivity contribution in [1.82, 2.24) is 4.58 Å². The van der Waals surface area contributed by atoms with Crippen LogP contribution in [0.15, 0.2) is 24.3 Å². The van der Waals surface area contributed by atoms with Gasteiger partial charge in [0.25, 0.3) is 0 Å². The molecule has 10 heavy (non-hydrogen) atoms. The summed E-state index contributed by atoms with van der Waals surface area (Å²) in [6.45, 7) is 0. The fraction of sp³-hybridized carbons (Fsp3) is 0. The molecule has 0 aromatic heterocycles. The van der Waals surface area contributed by atoms with Crippen molar-refractivity contribution in [1.29, 1.82) is 0 Å². The Bertz CT molecular complexity index is 228. The Hall–Kier alpha value is -0.870. The molecule has 1 aromatic carbocycles. The second-order valence-corrected chi connectivity index (χ2v) is 2.34. The van der Waals surface area contributed by atoms with Crippen molar-refractivity contribution in [2.24, 2.45) is 0 Å². The smallest absolute Gasteiger partial charge is 0.175 e. The quantitative estimate of drug-likeness (QED) is 0.553. The third-order valence-corrected chi connectivity index (χ3v) is 1.47. The van der Waals surface area contributed by atoms with E-state index in [-0.39, 0.29) is 0 Å². The molecule has 0 saturated heterocycles. The van der Waals surface area contributed by atoms with E-state index in [0.717, 1.165) is 11.4 Å². The molecule has 0 amide bonds. The van der Waals surface area contributed by atoms with Gasteiger partial charge in [0, 0.05) is 4.58 Å². The van der Waals surface area contributed by atoms with Crippen molar-refractivity contribution >= 4 is 18.5 Å². The molecule has 0 spiro atoms. The van der Waals surface area contributed by atoms with E-state index in [4.69, 9.17) is 4.84 Å². The number of hydrogen-bond donors (Lipinski definition) is 2. The predicted molar refractivity (Wildman–Crippen MR) is 41.5 cm³/mol. The van der Waals surface area contributed by atoms with E-state index >= 15 is 0 Å². The Labute approximate surface area is 64.1 Å². The average Bonchev–Trinajstić information content (AvgIpc) is 2.27. The van der Waals surface area contributed by atoms with Crippen LogP contribution in [-0.2, 0) is 0 Å². The Morgan fingerprint density at radius 2 is 2.20 bits per heavy atom. The van der Waals surface area contributed by atoms with Crippen LogP contribution in [0, 0.1) is 0 Å². The van der Waals surface area contributed by atoms with Gasteiger partial charge in [-0.1, -0.05) is 12.1 Å². The molecule has 1 aromatic rings. The minimum absolute atomic E-state index is 0.803. The van der Waals surface area contributed by atoms with Crippen LogP contribution in [-0.4, -0.2) is 4.58 Å². The lowest BCUT2D eigenvalue weighted by molar-refractivity contribution is 0.103. The summed E-state index contributed by atoms with van der Waals surface area (Å²) in [7, 11) is 0. The summed E-state index contributed by atoms with van der Waals surface area (Å²) in [5.41, 5.74) is 3.81. The number of hydrogen-bond acceptors (Lipinski definition) is 4. The summed E-state index contributed by atoms with van der Waals surface area (Å²) in [5.74, 6) is 0.803. The maximum Gasteiger partial charge on any atom is 0.175 e. The largest absolute Gasteiger partial charge is 0.373 e. The van der Waals surface area contributed by atoms with Crippen molar-refractivity contribution in [3.8, 4) is 5.75 Å². The standard InChI is InChI=1S/C6H6N2OS/c10-8-7-5-3-1-2-4-6(5)9-8/h1-4,7,10H. The molecule has 0 bridgehead atoms. The number of benzene rings is 1. The molecule has 0 radical (unpaired) electrons. The molecule has 0 fully saturated rings. The van der Waals surface area contributed by atoms with Crippen molar-refractivity contribution in [2.75, 3.05) is 5.43 Å². The number of fused-ring (bicyclic) bond motifs is 1. The van der Waals surface area contributed by atoms with E-state index in [1.165, 1.54) is 4.58 Å². The SMILES string of the molecule is SN1Nc2ccccc2O1. The molecule has 1 aliphatic rings. The second kappa shape index (κ2) is 2.07. The van der Waals surface area contributed by atoms with Crippen LogP contribution >= 0.6 is 12.8 Å². The van der Waals surface area contributed by atoms with E-state index in [0.29, 0.717) is 0 Å². The topological polar surface area (TPSA) is 24.5 Å². The number of anilines is 1. The van der Waals surface area contributed by atoms with Gasteiger partial charge in [0.15, 0.2) is 5.75 Å². The van der Waals surface area contributed by atoms with Gasteiger partial charge < -0.3 is 4.84 Å². The molecule has 0 aliphatic carbocycles. The molecule has 0 unspecified atom stereocenters. The number of para-hydroxylation sites is 2. The van der Waals surface area contributed by atoms with Gasteiger partial charge in [-0.05, 0) is 24.9 Å². The first-order valence-corrected chi connectivity index (χ1v) is 3.29. The molecule has 0 saturated carbocycles. The molecular weight excluding hydrogens is 148 g/mol. The highest BCUT2D eigenvalue weighted by atomic mass is 32.1. The van der Waals surface area contributed by atoms with Crippen molar-refractivity contribution in [3.05, 3.63) is 24.3 Å². The maximum absolute atomic E-state index is 5.09. The Kier molecular flexibility index (Phi) is 1.22. The zero-order valence-electron chi connectivity index (χ0n) is 5.11. The molecular formula is C6H6N2OS. The monoisotopic (exact) mass is 154 g/mol. The van der Waals surface area contributed by atoms with E-state index in [1.54, 1.807) is 0 Å². The van der Waals surface area contributed by atoms with Crippen LogP contribution < -0.4 is 10.3 Å². The summed E-state index contributed by atoms with van der Waals surface area (Å²) in [4.78, 5) is 5.09. The fourth-order valence-corrected chi connectivity index (χ4v) is 1.05. The van der Waals surface area contributed by atoms with Crippen molar-refractivity contribution in [2.45, 2.75) is 0 Å². The lowest BCUT2D eigenvalue weighted by Gasteiger charge is -2.02. The molecule has 4 heteroatoms. The Morgan fingerprint density at radius 3 is 3.00 bits per heavy atom. The number of thiol groups is 1. The third kappa shape index (κ3) is 0.815. The highest BCUT2D eigenvalue weighted by Gasteiger charge is 2.14. The lowest BCUT2D eigenvalue weighted by Crippen LogP contribution is -2.15. The van der Waals surface area contributed by atoms with Gasteiger partial charge in [-0.15, -0.1) is 0 Å². The van der Waals surface area contributed by atoms with E-state index < -0.39 is 0 Å². The van der Waals surface area contributed by atoms with Gasteiger partial charge in [-0.2, -0.15) is 0 Å². The average molecular weight is 154 g/mol. The van der Waals surface area contributed by atoms with Gasteiger partial charge >= 0.3 is 0 Å². The van der Waals surface area contributed by atoms with Crippen LogP contribution in [0.4, 0.5) is 5.69 Å². The lowest BCUT2D eigenvalue weighted by atomic mass is 10.3. The van der Waals surface area contributed by atoms with Crippen LogP contribution in [0.2, 0.25) is 0 Å². The van der Waals surface area contributed by atoms with Gasteiger partial charge in [-0.3, -0.25) is 5.43 Å². The van der Waals surface area contributed by atoms with E-state index in [9.17, 15) is 0 Å². The Balaban J connectivity index is 2.42. The van der Waals surface area contributed by atoms with Gasteiger partial charge in [0.05, 0.1) is 5.69 Å². The van der Waals surface area contributed by atoms with E-state index in [1.807, 2.05) is 24.3 Å². The summed E-state index contributed by atoms with van der Waals surface area (Å²) in [6.07, 6.45) is 0. The van der Waals surface area contributed by atoms with Crippen LogP contribution in [0.1, 0.15) is 0 Å². The number of hydrazine groups is 1. The highest BCUT2D eigenvalue weighted by Crippen LogP contribution is 2.30. The normalized spacial score (nSPS) is 15.7. The molecule has 0 atom stereocenters. The number of rotatable bonds is 0. The maximum atomic E-state index is 5.09. The first kappa shape index (κ1) is 5.88.